The molecule has 0 aliphatic carbocycles. The monoisotopic (exact) mass is 281 g/mol. The van der Waals surface area contributed by atoms with E-state index in [0.29, 0.717) is 18.1 Å². The predicted octanol–water partition coefficient (Wildman–Crippen LogP) is 2.31. The first-order chi connectivity index (χ1) is 9.77. The first-order valence-corrected chi connectivity index (χ1v) is 6.94. The summed E-state index contributed by atoms with van der Waals surface area (Å²) in [6, 6.07) is 6.74. The highest BCUT2D eigenvalue weighted by Gasteiger charge is 2.02. The van der Waals surface area contributed by atoms with Crippen molar-refractivity contribution in [2.24, 2.45) is 4.99 Å². The third-order valence-electron chi connectivity index (χ3n) is 2.95. The SMILES string of the molecule is CN=C(NCCCCCOC)NCc1ccccc1F. The highest BCUT2D eigenvalue weighted by Crippen LogP contribution is 2.05. The molecule has 0 aliphatic rings. The summed E-state index contributed by atoms with van der Waals surface area (Å²) in [5.41, 5.74) is 0.635. The Bertz CT molecular complexity index is 410. The highest BCUT2D eigenvalue weighted by molar-refractivity contribution is 5.79. The van der Waals surface area contributed by atoms with Crippen LogP contribution < -0.4 is 10.6 Å². The zero-order valence-corrected chi connectivity index (χ0v) is 12.3. The zero-order valence-electron chi connectivity index (χ0n) is 12.3. The van der Waals surface area contributed by atoms with Gasteiger partial charge in [-0.05, 0) is 25.3 Å². The van der Waals surface area contributed by atoms with Crippen molar-refractivity contribution in [1.82, 2.24) is 10.6 Å². The number of guanidine groups is 1. The standard InChI is InChI=1S/C15H24FN3O/c1-17-15(18-10-6-3-7-11-20-2)19-12-13-8-4-5-9-14(13)16/h4-5,8-9H,3,6-7,10-12H2,1-2H3,(H2,17,18,19). The summed E-state index contributed by atoms with van der Waals surface area (Å²) < 4.78 is 18.5. The normalized spacial score (nSPS) is 11.4. The number of nitrogens with one attached hydrogen (secondary N) is 2. The fourth-order valence-electron chi connectivity index (χ4n) is 1.80. The summed E-state index contributed by atoms with van der Waals surface area (Å²) in [4.78, 5) is 4.11. The van der Waals surface area contributed by atoms with Crippen molar-refractivity contribution in [2.45, 2.75) is 25.8 Å². The van der Waals surface area contributed by atoms with Gasteiger partial charge in [0, 0.05) is 39.4 Å². The van der Waals surface area contributed by atoms with Gasteiger partial charge in [0.25, 0.3) is 0 Å². The van der Waals surface area contributed by atoms with Gasteiger partial charge in [0.15, 0.2) is 5.96 Å². The maximum Gasteiger partial charge on any atom is 0.191 e. The van der Waals surface area contributed by atoms with Crippen LogP contribution in [-0.2, 0) is 11.3 Å². The van der Waals surface area contributed by atoms with Crippen molar-refractivity contribution in [2.75, 3.05) is 27.3 Å². The molecule has 5 heteroatoms. The van der Waals surface area contributed by atoms with E-state index >= 15 is 0 Å². The van der Waals surface area contributed by atoms with Gasteiger partial charge in [0.05, 0.1) is 0 Å². The van der Waals surface area contributed by atoms with E-state index in [1.807, 2.05) is 6.07 Å². The second-order valence-electron chi connectivity index (χ2n) is 4.50. The smallest absolute Gasteiger partial charge is 0.191 e. The van der Waals surface area contributed by atoms with E-state index in [9.17, 15) is 4.39 Å². The Balaban J connectivity index is 2.22. The minimum absolute atomic E-state index is 0.199. The number of hydrogen-bond acceptors (Lipinski definition) is 2. The van der Waals surface area contributed by atoms with Gasteiger partial charge in [0.1, 0.15) is 5.82 Å². The first kappa shape index (κ1) is 16.4. The number of methoxy groups -OCH3 is 1. The predicted molar refractivity (Wildman–Crippen MR) is 80.3 cm³/mol. The van der Waals surface area contributed by atoms with Crippen molar-refractivity contribution in [3.8, 4) is 0 Å². The number of halogens is 1. The molecule has 0 radical (unpaired) electrons. The minimum Gasteiger partial charge on any atom is -0.385 e. The van der Waals surface area contributed by atoms with Gasteiger partial charge in [-0.25, -0.2) is 4.39 Å². The molecule has 2 N–H and O–H groups in total. The molecule has 1 aromatic carbocycles. The molecule has 0 saturated heterocycles. The molecular formula is C15H24FN3O. The van der Waals surface area contributed by atoms with Gasteiger partial charge in [-0.1, -0.05) is 18.2 Å². The number of ether oxygens (including phenoxy) is 1. The summed E-state index contributed by atoms with van der Waals surface area (Å²) in [6.45, 7) is 2.08. The lowest BCUT2D eigenvalue weighted by Gasteiger charge is -2.12. The van der Waals surface area contributed by atoms with E-state index in [1.54, 1.807) is 26.3 Å². The van der Waals surface area contributed by atoms with Crippen LogP contribution in [0.3, 0.4) is 0 Å². The van der Waals surface area contributed by atoms with E-state index in [0.717, 1.165) is 32.4 Å². The molecule has 112 valence electrons. The Kier molecular flexibility index (Phi) is 8.38. The van der Waals surface area contributed by atoms with Gasteiger partial charge in [0.2, 0.25) is 0 Å². The molecule has 0 heterocycles. The van der Waals surface area contributed by atoms with Crippen LogP contribution in [0, 0.1) is 5.82 Å². The molecule has 0 spiro atoms. The quantitative estimate of drug-likeness (QED) is 0.437. The second-order valence-corrected chi connectivity index (χ2v) is 4.50. The lowest BCUT2D eigenvalue weighted by Crippen LogP contribution is -2.37. The topological polar surface area (TPSA) is 45.7 Å². The molecule has 0 atom stereocenters. The molecule has 0 amide bonds. The Hall–Kier alpha value is -1.62. The van der Waals surface area contributed by atoms with Crippen molar-refractivity contribution in [3.63, 3.8) is 0 Å². The summed E-state index contributed by atoms with van der Waals surface area (Å²) in [6.07, 6.45) is 3.24. The van der Waals surface area contributed by atoms with E-state index in [1.165, 1.54) is 6.07 Å². The Morgan fingerprint density at radius 2 is 2.00 bits per heavy atom. The number of hydrogen-bond donors (Lipinski definition) is 2. The second kappa shape index (κ2) is 10.2. The summed E-state index contributed by atoms with van der Waals surface area (Å²) in [5.74, 6) is 0.495. The molecule has 0 unspecified atom stereocenters. The largest absolute Gasteiger partial charge is 0.385 e. The van der Waals surface area contributed by atoms with Gasteiger partial charge < -0.3 is 15.4 Å². The number of aliphatic imine (C=N–C) groups is 1. The molecular weight excluding hydrogens is 257 g/mol. The molecule has 20 heavy (non-hydrogen) atoms. The molecule has 1 rings (SSSR count). The molecule has 1 aromatic rings. The number of nitrogens with zero attached hydrogens (tertiary/aromatic N) is 1. The maximum absolute atomic E-state index is 13.5. The van der Waals surface area contributed by atoms with Gasteiger partial charge in [-0.3, -0.25) is 4.99 Å². The minimum atomic E-state index is -0.199. The van der Waals surface area contributed by atoms with E-state index < -0.39 is 0 Å². The van der Waals surface area contributed by atoms with Crippen molar-refractivity contribution >= 4 is 5.96 Å². The zero-order chi connectivity index (χ0) is 14.6. The van der Waals surface area contributed by atoms with Crippen LogP contribution in [0.25, 0.3) is 0 Å². The maximum atomic E-state index is 13.5. The van der Waals surface area contributed by atoms with E-state index in [4.69, 9.17) is 4.74 Å². The summed E-state index contributed by atoms with van der Waals surface area (Å²) in [5, 5.41) is 6.31. The Morgan fingerprint density at radius 1 is 1.20 bits per heavy atom. The molecule has 0 saturated carbocycles. The van der Waals surface area contributed by atoms with Gasteiger partial charge in [-0.15, -0.1) is 0 Å². The Labute approximate surface area is 120 Å². The number of rotatable bonds is 8. The molecule has 0 aliphatic heterocycles. The fourth-order valence-corrected chi connectivity index (χ4v) is 1.80. The molecule has 0 fully saturated rings. The van der Waals surface area contributed by atoms with Gasteiger partial charge >= 0.3 is 0 Å². The first-order valence-electron chi connectivity index (χ1n) is 6.94. The summed E-state index contributed by atoms with van der Waals surface area (Å²) in [7, 11) is 3.42. The lowest BCUT2D eigenvalue weighted by atomic mass is 10.2. The summed E-state index contributed by atoms with van der Waals surface area (Å²) >= 11 is 0. The van der Waals surface area contributed by atoms with Crippen molar-refractivity contribution in [3.05, 3.63) is 35.6 Å². The van der Waals surface area contributed by atoms with Crippen LogP contribution in [0.2, 0.25) is 0 Å². The van der Waals surface area contributed by atoms with Crippen LogP contribution in [0.15, 0.2) is 29.3 Å². The lowest BCUT2D eigenvalue weighted by molar-refractivity contribution is 0.192. The average molecular weight is 281 g/mol. The van der Waals surface area contributed by atoms with E-state index in [2.05, 4.69) is 15.6 Å². The van der Waals surface area contributed by atoms with Crippen LogP contribution in [0.5, 0.6) is 0 Å². The van der Waals surface area contributed by atoms with Crippen molar-refractivity contribution < 1.29 is 9.13 Å². The van der Waals surface area contributed by atoms with Crippen LogP contribution >= 0.6 is 0 Å². The molecule has 0 bridgehead atoms. The fraction of sp³-hybridized carbons (Fsp3) is 0.533. The van der Waals surface area contributed by atoms with Gasteiger partial charge in [-0.2, -0.15) is 0 Å². The van der Waals surface area contributed by atoms with Crippen molar-refractivity contribution in [1.29, 1.82) is 0 Å². The highest BCUT2D eigenvalue weighted by atomic mass is 19.1. The number of benzene rings is 1. The van der Waals surface area contributed by atoms with Crippen LogP contribution in [0.4, 0.5) is 4.39 Å². The molecule has 0 aromatic heterocycles. The van der Waals surface area contributed by atoms with E-state index in [-0.39, 0.29) is 5.82 Å². The van der Waals surface area contributed by atoms with Crippen LogP contribution in [0.1, 0.15) is 24.8 Å². The third-order valence-corrected chi connectivity index (χ3v) is 2.95. The third kappa shape index (κ3) is 6.52. The Morgan fingerprint density at radius 3 is 2.70 bits per heavy atom. The van der Waals surface area contributed by atoms with Crippen LogP contribution in [-0.4, -0.2) is 33.3 Å². The number of unbranched alkanes of at least 4 members (excludes halogenated alkanes) is 2. The average Bonchev–Trinajstić information content (AvgIpc) is 2.47. The molecule has 4 nitrogen and oxygen atoms in total.